The van der Waals surface area contributed by atoms with Crippen LogP contribution in [0.3, 0.4) is 0 Å². The van der Waals surface area contributed by atoms with E-state index in [1.807, 2.05) is 0 Å². The normalized spacial score (nSPS) is 12.3. The molecule has 1 aromatic carbocycles. The predicted molar refractivity (Wildman–Crippen MR) is 91.4 cm³/mol. The molecule has 0 aliphatic rings. The molecule has 0 fully saturated rings. The van der Waals surface area contributed by atoms with E-state index in [9.17, 15) is 21.6 Å². The number of sulfone groups is 1. The maximum atomic E-state index is 12.7. The van der Waals surface area contributed by atoms with Gasteiger partial charge in [-0.1, -0.05) is 12.1 Å². The van der Waals surface area contributed by atoms with E-state index < -0.39 is 21.6 Å². The van der Waals surface area contributed by atoms with Gasteiger partial charge in [-0.3, -0.25) is 0 Å². The molecular weight excluding hydrogens is 387 g/mol. The fourth-order valence-electron chi connectivity index (χ4n) is 2.21. The molecule has 0 atom stereocenters. The molecule has 0 saturated carbocycles. The van der Waals surface area contributed by atoms with E-state index in [4.69, 9.17) is 0 Å². The van der Waals surface area contributed by atoms with Crippen LogP contribution in [0.25, 0.3) is 21.1 Å². The van der Waals surface area contributed by atoms with Gasteiger partial charge in [0.1, 0.15) is 5.01 Å². The Hall–Kier alpha value is -2.33. The molecule has 0 bridgehead atoms. The molecule has 3 rings (SSSR count). The van der Waals surface area contributed by atoms with Gasteiger partial charge in [-0.25, -0.2) is 23.4 Å². The molecule has 5 nitrogen and oxygen atoms in total. The first kappa shape index (κ1) is 18.5. The Morgan fingerprint density at radius 3 is 2.27 bits per heavy atom. The van der Waals surface area contributed by atoms with Gasteiger partial charge in [0.15, 0.2) is 0 Å². The lowest BCUT2D eigenvalue weighted by Crippen LogP contribution is -2.04. The second-order valence-electron chi connectivity index (χ2n) is 5.51. The van der Waals surface area contributed by atoms with E-state index in [-0.39, 0.29) is 5.16 Å². The van der Waals surface area contributed by atoms with Gasteiger partial charge in [-0.05, 0) is 25.1 Å². The SMILES string of the molecule is Cc1nc(-c2ccc(C(F)(F)F)cc2)sc1-c1ccnc(S(C)(=O)=O)n1. The Morgan fingerprint density at radius 2 is 1.69 bits per heavy atom. The van der Waals surface area contributed by atoms with Crippen LogP contribution in [0.4, 0.5) is 13.2 Å². The standard InChI is InChI=1S/C16H12F3N3O2S2/c1-9-13(12-7-8-20-15(22-12)26(2,23)24)25-14(21-9)10-3-5-11(6-4-10)16(17,18)19/h3-8H,1-2H3. The topological polar surface area (TPSA) is 72.8 Å². The maximum absolute atomic E-state index is 12.7. The monoisotopic (exact) mass is 399 g/mol. The second kappa shape index (κ2) is 6.44. The number of benzene rings is 1. The summed E-state index contributed by atoms with van der Waals surface area (Å²) >= 11 is 1.22. The molecule has 0 aliphatic carbocycles. The second-order valence-corrected chi connectivity index (χ2v) is 8.41. The number of aromatic nitrogens is 3. The third-order valence-corrected chi connectivity index (χ3v) is 5.54. The summed E-state index contributed by atoms with van der Waals surface area (Å²) in [5.74, 6) is 0. The first-order valence-electron chi connectivity index (χ1n) is 7.24. The van der Waals surface area contributed by atoms with Gasteiger partial charge < -0.3 is 0 Å². The lowest BCUT2D eigenvalue weighted by molar-refractivity contribution is -0.137. The Balaban J connectivity index is 2.00. The minimum Gasteiger partial charge on any atom is -0.241 e. The summed E-state index contributed by atoms with van der Waals surface area (Å²) in [5.41, 5.74) is 0.801. The summed E-state index contributed by atoms with van der Waals surface area (Å²) < 4.78 is 61.2. The van der Waals surface area contributed by atoms with E-state index in [0.717, 1.165) is 18.4 Å². The van der Waals surface area contributed by atoms with Crippen LogP contribution < -0.4 is 0 Å². The number of thiazole rings is 1. The van der Waals surface area contributed by atoms with Gasteiger partial charge in [0, 0.05) is 18.0 Å². The first-order chi connectivity index (χ1) is 12.1. The van der Waals surface area contributed by atoms with E-state index in [2.05, 4.69) is 15.0 Å². The van der Waals surface area contributed by atoms with Crippen LogP contribution in [0.1, 0.15) is 11.3 Å². The van der Waals surface area contributed by atoms with Crippen molar-refractivity contribution in [2.45, 2.75) is 18.3 Å². The average molecular weight is 399 g/mol. The zero-order valence-corrected chi connectivity index (χ0v) is 15.2. The van der Waals surface area contributed by atoms with Gasteiger partial charge in [0.2, 0.25) is 15.0 Å². The number of alkyl halides is 3. The first-order valence-corrected chi connectivity index (χ1v) is 9.95. The highest BCUT2D eigenvalue weighted by Crippen LogP contribution is 2.36. The van der Waals surface area contributed by atoms with Crippen LogP contribution in [0.2, 0.25) is 0 Å². The summed E-state index contributed by atoms with van der Waals surface area (Å²) in [7, 11) is -3.55. The number of aryl methyl sites for hydroxylation is 1. The predicted octanol–water partition coefficient (Wildman–Crippen LogP) is 4.00. The highest BCUT2D eigenvalue weighted by atomic mass is 32.2. The lowest BCUT2D eigenvalue weighted by Gasteiger charge is -2.06. The quantitative estimate of drug-likeness (QED) is 0.623. The van der Waals surface area contributed by atoms with Crippen molar-refractivity contribution >= 4 is 21.2 Å². The highest BCUT2D eigenvalue weighted by molar-refractivity contribution is 7.90. The van der Waals surface area contributed by atoms with Crippen molar-refractivity contribution in [3.05, 3.63) is 47.8 Å². The van der Waals surface area contributed by atoms with E-state index in [1.165, 1.54) is 29.7 Å². The third kappa shape index (κ3) is 3.75. The van der Waals surface area contributed by atoms with Crippen LogP contribution in [0.15, 0.2) is 41.7 Å². The van der Waals surface area contributed by atoms with Gasteiger partial charge in [0.05, 0.1) is 21.8 Å². The molecule has 0 aliphatic heterocycles. The van der Waals surface area contributed by atoms with E-state index >= 15 is 0 Å². The van der Waals surface area contributed by atoms with Crippen LogP contribution >= 0.6 is 11.3 Å². The molecule has 3 aromatic rings. The fraction of sp³-hybridized carbons (Fsp3) is 0.188. The Kier molecular flexibility index (Phi) is 4.57. The van der Waals surface area contributed by atoms with Crippen molar-refractivity contribution in [3.63, 3.8) is 0 Å². The van der Waals surface area contributed by atoms with E-state index in [0.29, 0.717) is 26.8 Å². The van der Waals surface area contributed by atoms with Gasteiger partial charge in [0.25, 0.3) is 0 Å². The van der Waals surface area contributed by atoms with Crippen molar-refractivity contribution < 1.29 is 21.6 Å². The van der Waals surface area contributed by atoms with Crippen LogP contribution in [-0.2, 0) is 16.0 Å². The van der Waals surface area contributed by atoms with Crippen LogP contribution in [0.5, 0.6) is 0 Å². The van der Waals surface area contributed by atoms with E-state index in [1.54, 1.807) is 13.0 Å². The Labute approximate surface area is 151 Å². The molecule has 136 valence electrons. The van der Waals surface area contributed by atoms with Gasteiger partial charge >= 0.3 is 6.18 Å². The van der Waals surface area contributed by atoms with Crippen molar-refractivity contribution in [2.75, 3.05) is 6.26 Å². The van der Waals surface area contributed by atoms with Crippen molar-refractivity contribution in [1.82, 2.24) is 15.0 Å². The summed E-state index contributed by atoms with van der Waals surface area (Å²) in [6, 6.07) is 6.27. The molecule has 26 heavy (non-hydrogen) atoms. The summed E-state index contributed by atoms with van der Waals surface area (Å²) in [6.07, 6.45) is -2.04. The molecule has 0 N–H and O–H groups in total. The van der Waals surface area contributed by atoms with Crippen LogP contribution in [0, 0.1) is 6.92 Å². The molecule has 0 spiro atoms. The molecule has 10 heteroatoms. The minimum absolute atomic E-state index is 0.293. The lowest BCUT2D eigenvalue weighted by atomic mass is 10.1. The molecule has 0 amide bonds. The third-order valence-electron chi connectivity index (χ3n) is 3.45. The molecule has 0 saturated heterocycles. The average Bonchev–Trinajstić information content (AvgIpc) is 2.95. The number of nitrogens with zero attached hydrogens (tertiary/aromatic N) is 3. The summed E-state index contributed by atoms with van der Waals surface area (Å²) in [4.78, 5) is 12.8. The largest absolute Gasteiger partial charge is 0.416 e. The molecule has 0 unspecified atom stereocenters. The van der Waals surface area contributed by atoms with Crippen molar-refractivity contribution in [1.29, 1.82) is 0 Å². The molecule has 0 radical (unpaired) electrons. The Morgan fingerprint density at radius 1 is 1.04 bits per heavy atom. The van der Waals surface area contributed by atoms with Crippen molar-refractivity contribution in [2.24, 2.45) is 0 Å². The smallest absolute Gasteiger partial charge is 0.241 e. The minimum atomic E-state index is -4.40. The van der Waals surface area contributed by atoms with Crippen LogP contribution in [-0.4, -0.2) is 29.6 Å². The summed E-state index contributed by atoms with van der Waals surface area (Å²) in [5, 5.41) is 0.227. The molecule has 2 aromatic heterocycles. The highest BCUT2D eigenvalue weighted by Gasteiger charge is 2.30. The van der Waals surface area contributed by atoms with Gasteiger partial charge in [-0.2, -0.15) is 13.2 Å². The van der Waals surface area contributed by atoms with Gasteiger partial charge in [-0.15, -0.1) is 11.3 Å². The number of hydrogen-bond acceptors (Lipinski definition) is 6. The maximum Gasteiger partial charge on any atom is 0.416 e. The molecule has 2 heterocycles. The number of halogens is 3. The molecular formula is C16H12F3N3O2S2. The zero-order chi connectivity index (χ0) is 19.1. The van der Waals surface area contributed by atoms with Crippen molar-refractivity contribution in [3.8, 4) is 21.1 Å². The fourth-order valence-corrected chi connectivity index (χ4v) is 3.76. The Bertz CT molecular complexity index is 1060. The number of rotatable bonds is 3. The zero-order valence-electron chi connectivity index (χ0n) is 13.6. The number of hydrogen-bond donors (Lipinski definition) is 0. The summed E-state index contributed by atoms with van der Waals surface area (Å²) in [6.45, 7) is 1.72.